The van der Waals surface area contributed by atoms with Crippen LogP contribution in [0.15, 0.2) is 47.9 Å². The standard InChI is InChI=1S/C20H30N2O5/c1-2-19(21(24)25)15-11-7-4-3-5-8-12-16-20(22(26)27)17-13-9-6-10-14-18-23/h4-5,7-8,15-16,18H,2-3,6,9-14,17H2,1H3/b7-4+,8-5+,19-15-,20-16-. The summed E-state index contributed by atoms with van der Waals surface area (Å²) in [5.41, 5.74) is 0.457. The summed E-state index contributed by atoms with van der Waals surface area (Å²) in [6.45, 7) is 1.75. The minimum atomic E-state index is -0.363. The number of unbranched alkanes of at least 4 members (excludes halogenated alkanes) is 4. The monoisotopic (exact) mass is 378 g/mol. The Kier molecular flexibility index (Phi) is 15.3. The molecule has 0 aliphatic carbocycles. The average molecular weight is 378 g/mol. The van der Waals surface area contributed by atoms with Crippen LogP contribution in [0.25, 0.3) is 0 Å². The first kappa shape index (κ1) is 24.4. The van der Waals surface area contributed by atoms with Crippen molar-refractivity contribution in [3.05, 3.63) is 68.1 Å². The van der Waals surface area contributed by atoms with Crippen LogP contribution in [0.5, 0.6) is 0 Å². The molecule has 0 heterocycles. The Bertz CT molecular complexity index is 577. The molecule has 0 N–H and O–H groups in total. The summed E-state index contributed by atoms with van der Waals surface area (Å²) >= 11 is 0. The van der Waals surface area contributed by atoms with Crippen LogP contribution in [0.1, 0.15) is 71.1 Å². The summed E-state index contributed by atoms with van der Waals surface area (Å²) in [7, 11) is 0. The number of nitrogens with zero attached hydrogens (tertiary/aromatic N) is 2. The van der Waals surface area contributed by atoms with E-state index >= 15 is 0 Å². The van der Waals surface area contributed by atoms with Crippen molar-refractivity contribution in [3.8, 4) is 0 Å². The van der Waals surface area contributed by atoms with Gasteiger partial charge in [0.1, 0.15) is 6.29 Å². The molecule has 0 aliphatic heterocycles. The maximum atomic E-state index is 11.0. The highest BCUT2D eigenvalue weighted by atomic mass is 16.6. The van der Waals surface area contributed by atoms with Gasteiger partial charge in [-0.1, -0.05) is 44.1 Å². The summed E-state index contributed by atoms with van der Waals surface area (Å²) in [5.74, 6) is 0. The second kappa shape index (κ2) is 16.9. The Hall–Kier alpha value is -2.57. The molecule has 0 radical (unpaired) electrons. The summed E-state index contributed by atoms with van der Waals surface area (Å²) in [6.07, 6.45) is 18.3. The first-order valence-corrected chi connectivity index (χ1v) is 9.43. The molecule has 0 unspecified atom stereocenters. The SMILES string of the molecule is CC/C(=C/C/C=C/C/C=C/C/C=C(/CCCCCCC=O)[N+](=O)[O-])[N+](=O)[O-]. The Morgan fingerprint density at radius 2 is 1.30 bits per heavy atom. The third-order valence-electron chi connectivity index (χ3n) is 3.92. The molecule has 0 saturated heterocycles. The lowest BCUT2D eigenvalue weighted by molar-refractivity contribution is -0.428. The van der Waals surface area contributed by atoms with Crippen LogP contribution in [0.2, 0.25) is 0 Å². The predicted octanol–water partition coefficient (Wildman–Crippen LogP) is 5.54. The molecule has 150 valence electrons. The fourth-order valence-electron chi connectivity index (χ4n) is 2.37. The van der Waals surface area contributed by atoms with Crippen molar-refractivity contribution in [2.75, 3.05) is 0 Å². The second-order valence-corrected chi connectivity index (χ2v) is 6.03. The lowest BCUT2D eigenvalue weighted by atomic mass is 10.1. The Labute approximate surface area is 160 Å². The van der Waals surface area contributed by atoms with Crippen molar-refractivity contribution in [2.24, 2.45) is 0 Å². The van der Waals surface area contributed by atoms with E-state index in [1.54, 1.807) is 19.1 Å². The molecule has 0 aromatic carbocycles. The molecule has 0 aliphatic rings. The van der Waals surface area contributed by atoms with Crippen LogP contribution in [-0.2, 0) is 4.79 Å². The molecule has 7 heteroatoms. The third-order valence-corrected chi connectivity index (χ3v) is 3.92. The summed E-state index contributed by atoms with van der Waals surface area (Å²) in [4.78, 5) is 31.2. The van der Waals surface area contributed by atoms with E-state index in [1.807, 2.05) is 24.3 Å². The van der Waals surface area contributed by atoms with E-state index in [-0.39, 0.29) is 21.2 Å². The summed E-state index contributed by atoms with van der Waals surface area (Å²) < 4.78 is 0. The average Bonchev–Trinajstić information content (AvgIpc) is 2.63. The number of nitro groups is 2. The Morgan fingerprint density at radius 1 is 0.778 bits per heavy atom. The molecule has 27 heavy (non-hydrogen) atoms. The zero-order valence-electron chi connectivity index (χ0n) is 16.0. The first-order chi connectivity index (χ1) is 13.0. The molecule has 0 bridgehead atoms. The van der Waals surface area contributed by atoms with Crippen LogP contribution in [0, 0.1) is 20.2 Å². The highest BCUT2D eigenvalue weighted by molar-refractivity contribution is 5.48. The van der Waals surface area contributed by atoms with Crippen molar-refractivity contribution in [3.63, 3.8) is 0 Å². The predicted molar refractivity (Wildman–Crippen MR) is 106 cm³/mol. The Morgan fingerprint density at radius 3 is 1.81 bits per heavy atom. The largest absolute Gasteiger partial charge is 0.303 e. The number of aldehydes is 1. The van der Waals surface area contributed by atoms with Crippen LogP contribution in [-0.4, -0.2) is 16.1 Å². The van der Waals surface area contributed by atoms with E-state index < -0.39 is 0 Å². The Balaban J connectivity index is 4.11. The third kappa shape index (κ3) is 14.3. The minimum absolute atomic E-state index is 0.219. The van der Waals surface area contributed by atoms with E-state index in [0.717, 1.165) is 32.0 Å². The lowest BCUT2D eigenvalue weighted by Gasteiger charge is -1.99. The summed E-state index contributed by atoms with van der Waals surface area (Å²) in [6, 6.07) is 0. The van der Waals surface area contributed by atoms with Gasteiger partial charge in [-0.05, 0) is 44.3 Å². The van der Waals surface area contributed by atoms with Gasteiger partial charge in [0.25, 0.3) is 0 Å². The molecule has 7 nitrogen and oxygen atoms in total. The van der Waals surface area contributed by atoms with Gasteiger partial charge >= 0.3 is 0 Å². The van der Waals surface area contributed by atoms with Gasteiger partial charge in [0.05, 0.1) is 9.85 Å². The van der Waals surface area contributed by atoms with Crippen molar-refractivity contribution in [1.29, 1.82) is 0 Å². The maximum Gasteiger partial charge on any atom is 0.242 e. The van der Waals surface area contributed by atoms with E-state index in [1.165, 1.54) is 0 Å². The molecular formula is C20H30N2O5. The van der Waals surface area contributed by atoms with Crippen molar-refractivity contribution < 1.29 is 14.6 Å². The quantitative estimate of drug-likeness (QED) is 0.115. The molecule has 0 aromatic heterocycles. The maximum absolute atomic E-state index is 11.0. The van der Waals surface area contributed by atoms with E-state index in [2.05, 4.69) is 0 Å². The van der Waals surface area contributed by atoms with Crippen LogP contribution in [0.4, 0.5) is 0 Å². The normalized spacial score (nSPS) is 12.8. The lowest BCUT2D eigenvalue weighted by Crippen LogP contribution is -1.98. The number of rotatable bonds is 16. The van der Waals surface area contributed by atoms with Crippen molar-refractivity contribution >= 4 is 6.29 Å². The molecule has 0 fully saturated rings. The van der Waals surface area contributed by atoms with Gasteiger partial charge in [0.2, 0.25) is 11.4 Å². The molecule has 0 amide bonds. The van der Waals surface area contributed by atoms with Crippen LogP contribution >= 0.6 is 0 Å². The fraction of sp³-hybridized carbons (Fsp3) is 0.550. The topological polar surface area (TPSA) is 103 Å². The van der Waals surface area contributed by atoms with Gasteiger partial charge in [-0.25, -0.2) is 0 Å². The number of carbonyl (C=O) groups excluding carboxylic acids is 1. The number of hydrogen-bond acceptors (Lipinski definition) is 5. The van der Waals surface area contributed by atoms with E-state index in [0.29, 0.717) is 38.5 Å². The first-order valence-electron chi connectivity index (χ1n) is 9.43. The van der Waals surface area contributed by atoms with E-state index in [9.17, 15) is 25.0 Å². The summed E-state index contributed by atoms with van der Waals surface area (Å²) in [5, 5.41) is 21.7. The zero-order valence-corrected chi connectivity index (χ0v) is 16.0. The van der Waals surface area contributed by atoms with Gasteiger partial charge in [-0.3, -0.25) is 20.2 Å². The highest BCUT2D eigenvalue weighted by Crippen LogP contribution is 2.12. The van der Waals surface area contributed by atoms with Crippen molar-refractivity contribution in [2.45, 2.75) is 71.1 Å². The molecule has 0 spiro atoms. The van der Waals surface area contributed by atoms with Gasteiger partial charge in [0, 0.05) is 19.3 Å². The smallest absolute Gasteiger partial charge is 0.242 e. The van der Waals surface area contributed by atoms with Gasteiger partial charge in [0.15, 0.2) is 0 Å². The van der Waals surface area contributed by atoms with Crippen LogP contribution < -0.4 is 0 Å². The fourth-order valence-corrected chi connectivity index (χ4v) is 2.37. The van der Waals surface area contributed by atoms with Crippen molar-refractivity contribution in [1.82, 2.24) is 0 Å². The molecular weight excluding hydrogens is 348 g/mol. The second-order valence-electron chi connectivity index (χ2n) is 6.03. The number of allylic oxidation sites excluding steroid dienone is 8. The highest BCUT2D eigenvalue weighted by Gasteiger charge is 2.08. The van der Waals surface area contributed by atoms with Crippen LogP contribution in [0.3, 0.4) is 0 Å². The zero-order chi connectivity index (χ0) is 20.3. The number of carbonyl (C=O) groups is 1. The molecule has 0 saturated carbocycles. The molecule has 0 atom stereocenters. The van der Waals surface area contributed by atoms with E-state index in [4.69, 9.17) is 0 Å². The van der Waals surface area contributed by atoms with Gasteiger partial charge < -0.3 is 4.79 Å². The molecule has 0 aromatic rings. The van der Waals surface area contributed by atoms with Gasteiger partial charge in [-0.2, -0.15) is 0 Å². The number of hydrogen-bond donors (Lipinski definition) is 0. The molecule has 0 rings (SSSR count). The minimum Gasteiger partial charge on any atom is -0.303 e. The van der Waals surface area contributed by atoms with Gasteiger partial charge in [-0.15, -0.1) is 0 Å².